The molecule has 18 heavy (non-hydrogen) atoms. The maximum atomic E-state index is 5.71. The highest BCUT2D eigenvalue weighted by Gasteiger charge is 2.35. The number of methoxy groups -OCH3 is 1. The molecule has 0 spiro atoms. The van der Waals surface area contributed by atoms with Gasteiger partial charge in [0.15, 0.2) is 0 Å². The molecule has 1 aromatic heterocycles. The molecule has 0 fully saturated rings. The third-order valence-electron chi connectivity index (χ3n) is 3.64. The van der Waals surface area contributed by atoms with Gasteiger partial charge in [-0.2, -0.15) is 0 Å². The van der Waals surface area contributed by atoms with Gasteiger partial charge in [-0.25, -0.2) is 0 Å². The zero-order chi connectivity index (χ0) is 13.6. The van der Waals surface area contributed by atoms with Gasteiger partial charge in [-0.05, 0) is 40.9 Å². The standard InChI is InChI=1S/C13H22BrN3O/c1-4-13(5-2,18-3)12(17-15)8-11-7-6-10(14)9-16-11/h6-7,9,12,17H,4-5,8,15H2,1-3H3. The summed E-state index contributed by atoms with van der Waals surface area (Å²) in [4.78, 5) is 4.38. The number of aromatic nitrogens is 1. The second-order valence-electron chi connectivity index (χ2n) is 4.37. The first kappa shape index (κ1) is 15.6. The summed E-state index contributed by atoms with van der Waals surface area (Å²) in [5, 5.41) is 0. The molecule has 0 saturated heterocycles. The van der Waals surface area contributed by atoms with Crippen molar-refractivity contribution in [1.29, 1.82) is 0 Å². The lowest BCUT2D eigenvalue weighted by molar-refractivity contribution is -0.0475. The number of nitrogens with zero attached hydrogens (tertiary/aromatic N) is 1. The summed E-state index contributed by atoms with van der Waals surface area (Å²) < 4.78 is 6.68. The maximum absolute atomic E-state index is 5.71. The van der Waals surface area contributed by atoms with Crippen molar-refractivity contribution >= 4 is 15.9 Å². The highest BCUT2D eigenvalue weighted by atomic mass is 79.9. The van der Waals surface area contributed by atoms with Crippen LogP contribution in [0.25, 0.3) is 0 Å². The number of ether oxygens (including phenoxy) is 1. The number of nitrogens with two attached hydrogens (primary N) is 1. The normalized spacial score (nSPS) is 13.6. The first-order valence-electron chi connectivity index (χ1n) is 6.23. The van der Waals surface area contributed by atoms with Gasteiger partial charge in [-0.3, -0.25) is 16.3 Å². The van der Waals surface area contributed by atoms with Crippen molar-refractivity contribution in [3.05, 3.63) is 28.5 Å². The Labute approximate surface area is 117 Å². The van der Waals surface area contributed by atoms with Crippen LogP contribution in [-0.4, -0.2) is 23.7 Å². The van der Waals surface area contributed by atoms with Crippen LogP contribution in [0.4, 0.5) is 0 Å². The molecule has 1 aromatic rings. The molecule has 102 valence electrons. The molecular formula is C13H22BrN3O. The fraction of sp³-hybridized carbons (Fsp3) is 0.615. The Morgan fingerprint density at radius 2 is 2.11 bits per heavy atom. The molecular weight excluding hydrogens is 294 g/mol. The molecule has 1 rings (SSSR count). The predicted octanol–water partition coefficient (Wildman–Crippen LogP) is 2.42. The van der Waals surface area contributed by atoms with Crippen LogP contribution in [0.15, 0.2) is 22.8 Å². The Hall–Kier alpha value is -0.490. The van der Waals surface area contributed by atoms with Crippen LogP contribution in [0.3, 0.4) is 0 Å². The third-order valence-corrected chi connectivity index (χ3v) is 4.11. The minimum absolute atomic E-state index is 0.0474. The molecule has 0 aliphatic carbocycles. The number of pyridine rings is 1. The topological polar surface area (TPSA) is 60.2 Å². The van der Waals surface area contributed by atoms with Gasteiger partial charge >= 0.3 is 0 Å². The Kier molecular flexibility index (Phi) is 6.21. The summed E-state index contributed by atoms with van der Waals surface area (Å²) in [6, 6.07) is 4.04. The largest absolute Gasteiger partial charge is 0.377 e. The van der Waals surface area contributed by atoms with Crippen molar-refractivity contribution in [1.82, 2.24) is 10.4 Å². The van der Waals surface area contributed by atoms with E-state index in [1.807, 2.05) is 12.1 Å². The van der Waals surface area contributed by atoms with Gasteiger partial charge < -0.3 is 4.74 Å². The Morgan fingerprint density at radius 3 is 2.50 bits per heavy atom. The molecule has 0 bridgehead atoms. The average molecular weight is 316 g/mol. The van der Waals surface area contributed by atoms with Crippen LogP contribution in [0.1, 0.15) is 32.4 Å². The van der Waals surface area contributed by atoms with Crippen molar-refractivity contribution in [2.45, 2.75) is 44.8 Å². The molecule has 0 saturated carbocycles. The molecule has 5 heteroatoms. The predicted molar refractivity (Wildman–Crippen MR) is 77.1 cm³/mol. The summed E-state index contributed by atoms with van der Waals surface area (Å²) >= 11 is 3.38. The lowest BCUT2D eigenvalue weighted by atomic mass is 9.85. The molecule has 1 unspecified atom stereocenters. The Morgan fingerprint density at radius 1 is 1.44 bits per heavy atom. The fourth-order valence-electron chi connectivity index (χ4n) is 2.31. The van der Waals surface area contributed by atoms with Crippen LogP contribution in [-0.2, 0) is 11.2 Å². The van der Waals surface area contributed by atoms with Crippen molar-refractivity contribution in [3.63, 3.8) is 0 Å². The molecule has 0 amide bonds. The molecule has 0 radical (unpaired) electrons. The number of hydrogen-bond acceptors (Lipinski definition) is 4. The van der Waals surface area contributed by atoms with Gasteiger partial charge in [-0.1, -0.05) is 13.8 Å². The van der Waals surface area contributed by atoms with Crippen LogP contribution < -0.4 is 11.3 Å². The van der Waals surface area contributed by atoms with E-state index < -0.39 is 0 Å². The SMILES string of the molecule is CCC(CC)(OC)C(Cc1ccc(Br)cn1)NN. The van der Waals surface area contributed by atoms with E-state index in [2.05, 4.69) is 40.2 Å². The van der Waals surface area contributed by atoms with E-state index >= 15 is 0 Å². The van der Waals surface area contributed by atoms with Crippen molar-refractivity contribution in [3.8, 4) is 0 Å². The number of hydrogen-bond donors (Lipinski definition) is 2. The molecule has 0 aliphatic heterocycles. The summed E-state index contributed by atoms with van der Waals surface area (Å²) in [7, 11) is 1.74. The van der Waals surface area contributed by atoms with Crippen molar-refractivity contribution in [2.24, 2.45) is 5.84 Å². The van der Waals surface area contributed by atoms with Gasteiger partial charge in [0.25, 0.3) is 0 Å². The smallest absolute Gasteiger partial charge is 0.0842 e. The van der Waals surface area contributed by atoms with Crippen molar-refractivity contribution < 1.29 is 4.74 Å². The summed E-state index contributed by atoms with van der Waals surface area (Å²) in [6.45, 7) is 4.23. The Bertz CT molecular complexity index is 343. The molecule has 1 atom stereocenters. The van der Waals surface area contributed by atoms with E-state index in [0.717, 1.165) is 29.4 Å². The maximum Gasteiger partial charge on any atom is 0.0842 e. The highest BCUT2D eigenvalue weighted by molar-refractivity contribution is 9.10. The average Bonchev–Trinajstić information content (AvgIpc) is 2.42. The quantitative estimate of drug-likeness (QED) is 0.599. The zero-order valence-electron chi connectivity index (χ0n) is 11.2. The van der Waals surface area contributed by atoms with Crippen LogP contribution in [0.2, 0.25) is 0 Å². The van der Waals surface area contributed by atoms with E-state index in [4.69, 9.17) is 10.6 Å². The monoisotopic (exact) mass is 315 g/mol. The highest BCUT2D eigenvalue weighted by Crippen LogP contribution is 2.26. The van der Waals surface area contributed by atoms with Crippen LogP contribution >= 0.6 is 15.9 Å². The van der Waals surface area contributed by atoms with E-state index in [1.165, 1.54) is 0 Å². The van der Waals surface area contributed by atoms with E-state index in [0.29, 0.717) is 0 Å². The molecule has 4 nitrogen and oxygen atoms in total. The number of halogens is 1. The fourth-order valence-corrected chi connectivity index (χ4v) is 2.54. The minimum Gasteiger partial charge on any atom is -0.377 e. The van der Waals surface area contributed by atoms with E-state index in [9.17, 15) is 0 Å². The third kappa shape index (κ3) is 3.51. The number of rotatable bonds is 7. The van der Waals surface area contributed by atoms with Gasteiger partial charge in [0.1, 0.15) is 0 Å². The summed E-state index contributed by atoms with van der Waals surface area (Å²) in [5.41, 5.74) is 3.64. The number of hydrazine groups is 1. The summed E-state index contributed by atoms with van der Waals surface area (Å²) in [5.74, 6) is 5.70. The number of nitrogens with one attached hydrogen (secondary N) is 1. The first-order chi connectivity index (χ1) is 8.61. The lowest BCUT2D eigenvalue weighted by Gasteiger charge is -2.38. The molecule has 3 N–H and O–H groups in total. The van der Waals surface area contributed by atoms with Gasteiger partial charge in [0, 0.05) is 29.9 Å². The first-order valence-corrected chi connectivity index (χ1v) is 7.02. The Balaban J connectivity index is 2.86. The second-order valence-corrected chi connectivity index (χ2v) is 5.28. The van der Waals surface area contributed by atoms with Gasteiger partial charge in [0.05, 0.1) is 11.6 Å². The van der Waals surface area contributed by atoms with E-state index in [1.54, 1.807) is 13.3 Å². The van der Waals surface area contributed by atoms with Gasteiger partial charge in [-0.15, -0.1) is 0 Å². The van der Waals surface area contributed by atoms with Crippen LogP contribution in [0.5, 0.6) is 0 Å². The molecule has 1 heterocycles. The lowest BCUT2D eigenvalue weighted by Crippen LogP contribution is -2.55. The molecule has 0 aliphatic rings. The van der Waals surface area contributed by atoms with Crippen LogP contribution in [0, 0.1) is 0 Å². The minimum atomic E-state index is -0.247. The summed E-state index contributed by atoms with van der Waals surface area (Å²) in [6.07, 6.45) is 4.37. The van der Waals surface area contributed by atoms with Gasteiger partial charge in [0.2, 0.25) is 0 Å². The molecule has 0 aromatic carbocycles. The van der Waals surface area contributed by atoms with Crippen molar-refractivity contribution in [2.75, 3.05) is 7.11 Å². The van der Waals surface area contributed by atoms with E-state index in [-0.39, 0.29) is 11.6 Å². The second kappa shape index (κ2) is 7.19. The zero-order valence-corrected chi connectivity index (χ0v) is 12.8.